The standard InChI is InChI=1S/C14H22N2O3/c1-14(2,3)19-13(18)16-11-6-4-10(5-7-11)12(17)8-9-15/h10-11H,4-8H2,1-3H3,(H,16,18). The molecule has 0 atom stereocenters. The van der Waals surface area contributed by atoms with Crippen LogP contribution in [-0.4, -0.2) is 23.5 Å². The van der Waals surface area contributed by atoms with E-state index in [0.29, 0.717) is 0 Å². The summed E-state index contributed by atoms with van der Waals surface area (Å²) in [7, 11) is 0. The summed E-state index contributed by atoms with van der Waals surface area (Å²) in [5, 5.41) is 11.3. The van der Waals surface area contributed by atoms with Gasteiger partial charge in [0.15, 0.2) is 0 Å². The Labute approximate surface area is 114 Å². The van der Waals surface area contributed by atoms with Gasteiger partial charge in [0.25, 0.3) is 0 Å². The lowest BCUT2D eigenvalue weighted by Gasteiger charge is -2.29. The van der Waals surface area contributed by atoms with E-state index >= 15 is 0 Å². The number of nitriles is 1. The van der Waals surface area contributed by atoms with Gasteiger partial charge in [-0.05, 0) is 46.5 Å². The highest BCUT2D eigenvalue weighted by atomic mass is 16.6. The molecular formula is C14H22N2O3. The van der Waals surface area contributed by atoms with Gasteiger partial charge in [0, 0.05) is 12.0 Å². The first kappa shape index (κ1) is 15.5. The Bertz CT molecular complexity index is 371. The number of Topliss-reactive ketones (excluding diaryl/α,β-unsaturated/α-hetero) is 1. The number of amides is 1. The van der Waals surface area contributed by atoms with Crippen molar-refractivity contribution in [3.8, 4) is 6.07 Å². The van der Waals surface area contributed by atoms with Crippen molar-refractivity contribution in [2.75, 3.05) is 0 Å². The third-order valence-corrected chi connectivity index (χ3v) is 3.16. The van der Waals surface area contributed by atoms with Crippen molar-refractivity contribution in [2.45, 2.75) is 64.5 Å². The molecule has 1 fully saturated rings. The van der Waals surface area contributed by atoms with E-state index in [1.165, 1.54) is 0 Å². The second-order valence-corrected chi connectivity index (χ2v) is 6.00. The predicted molar refractivity (Wildman–Crippen MR) is 70.4 cm³/mol. The first-order valence-electron chi connectivity index (χ1n) is 6.71. The highest BCUT2D eigenvalue weighted by Gasteiger charge is 2.27. The second kappa shape index (κ2) is 6.55. The zero-order valence-corrected chi connectivity index (χ0v) is 11.9. The Hall–Kier alpha value is -1.57. The van der Waals surface area contributed by atoms with E-state index in [1.54, 1.807) is 0 Å². The van der Waals surface area contributed by atoms with Gasteiger partial charge in [-0.2, -0.15) is 5.26 Å². The lowest BCUT2D eigenvalue weighted by molar-refractivity contribution is -0.122. The topological polar surface area (TPSA) is 79.2 Å². The fourth-order valence-electron chi connectivity index (χ4n) is 2.26. The maximum Gasteiger partial charge on any atom is 0.407 e. The van der Waals surface area contributed by atoms with Crippen LogP contribution in [0.5, 0.6) is 0 Å². The van der Waals surface area contributed by atoms with Crippen LogP contribution in [0.3, 0.4) is 0 Å². The van der Waals surface area contributed by atoms with E-state index in [4.69, 9.17) is 10.00 Å². The number of ether oxygens (including phenoxy) is 1. The van der Waals surface area contributed by atoms with Crippen molar-refractivity contribution in [3.63, 3.8) is 0 Å². The number of alkyl carbamates (subject to hydrolysis) is 1. The van der Waals surface area contributed by atoms with Crippen molar-refractivity contribution < 1.29 is 14.3 Å². The van der Waals surface area contributed by atoms with Crippen molar-refractivity contribution >= 4 is 11.9 Å². The molecule has 0 unspecified atom stereocenters. The SMILES string of the molecule is CC(C)(C)OC(=O)NC1CCC(C(=O)CC#N)CC1. The van der Waals surface area contributed by atoms with Crippen molar-refractivity contribution in [2.24, 2.45) is 5.92 Å². The number of ketones is 1. The molecule has 0 saturated heterocycles. The molecule has 1 amide bonds. The van der Waals surface area contributed by atoms with Crippen LogP contribution in [0, 0.1) is 17.2 Å². The number of hydrogen-bond donors (Lipinski definition) is 1. The van der Waals surface area contributed by atoms with E-state index in [9.17, 15) is 9.59 Å². The van der Waals surface area contributed by atoms with Crippen LogP contribution in [-0.2, 0) is 9.53 Å². The number of nitrogens with zero attached hydrogens (tertiary/aromatic N) is 1. The molecule has 1 N–H and O–H groups in total. The lowest BCUT2D eigenvalue weighted by atomic mass is 9.83. The molecule has 1 aliphatic carbocycles. The Morgan fingerprint density at radius 1 is 1.26 bits per heavy atom. The van der Waals surface area contributed by atoms with Gasteiger partial charge in [-0.1, -0.05) is 0 Å². The molecule has 5 nitrogen and oxygen atoms in total. The Kier molecular flexibility index (Phi) is 5.34. The van der Waals surface area contributed by atoms with Gasteiger partial charge < -0.3 is 10.1 Å². The van der Waals surface area contributed by atoms with Gasteiger partial charge in [-0.15, -0.1) is 0 Å². The summed E-state index contributed by atoms with van der Waals surface area (Å²) in [6, 6.07) is 1.97. The van der Waals surface area contributed by atoms with Crippen LogP contribution in [0.2, 0.25) is 0 Å². The monoisotopic (exact) mass is 266 g/mol. The zero-order chi connectivity index (χ0) is 14.5. The number of nitrogens with one attached hydrogen (secondary N) is 1. The number of rotatable bonds is 3. The number of hydrogen-bond acceptors (Lipinski definition) is 4. The number of carbonyl (C=O) groups is 2. The molecule has 106 valence electrons. The minimum atomic E-state index is -0.496. The van der Waals surface area contributed by atoms with Gasteiger partial charge in [0.05, 0.1) is 12.5 Å². The fourth-order valence-corrected chi connectivity index (χ4v) is 2.26. The Balaban J connectivity index is 2.33. The quantitative estimate of drug-likeness (QED) is 0.851. The van der Waals surface area contributed by atoms with Crippen molar-refractivity contribution in [1.29, 1.82) is 5.26 Å². The molecule has 0 aromatic rings. The van der Waals surface area contributed by atoms with Crippen LogP contribution in [0.4, 0.5) is 4.79 Å². The molecule has 5 heteroatoms. The Morgan fingerprint density at radius 3 is 2.32 bits per heavy atom. The maximum atomic E-state index is 11.6. The van der Waals surface area contributed by atoms with Crippen molar-refractivity contribution in [3.05, 3.63) is 0 Å². The summed E-state index contributed by atoms with van der Waals surface area (Å²) >= 11 is 0. The minimum Gasteiger partial charge on any atom is -0.444 e. The van der Waals surface area contributed by atoms with Crippen LogP contribution >= 0.6 is 0 Å². The molecule has 0 aliphatic heterocycles. The average Bonchev–Trinajstić information content (AvgIpc) is 2.27. The summed E-state index contributed by atoms with van der Waals surface area (Å²) < 4.78 is 5.19. The van der Waals surface area contributed by atoms with Gasteiger partial charge in [-0.25, -0.2) is 4.79 Å². The molecule has 1 rings (SSSR count). The largest absolute Gasteiger partial charge is 0.444 e. The van der Waals surface area contributed by atoms with Crippen LogP contribution in [0.1, 0.15) is 52.9 Å². The van der Waals surface area contributed by atoms with Crippen LogP contribution in [0.25, 0.3) is 0 Å². The van der Waals surface area contributed by atoms with Crippen molar-refractivity contribution in [1.82, 2.24) is 5.32 Å². The molecule has 0 aromatic carbocycles. The Morgan fingerprint density at radius 2 is 1.84 bits per heavy atom. The van der Waals surface area contributed by atoms with E-state index in [2.05, 4.69) is 5.32 Å². The molecule has 0 heterocycles. The molecule has 0 bridgehead atoms. The van der Waals surface area contributed by atoms with E-state index in [0.717, 1.165) is 25.7 Å². The van der Waals surface area contributed by atoms with Gasteiger partial charge in [0.2, 0.25) is 0 Å². The zero-order valence-electron chi connectivity index (χ0n) is 11.9. The highest BCUT2D eigenvalue weighted by molar-refractivity contribution is 5.82. The molecule has 1 aliphatic rings. The van der Waals surface area contributed by atoms with Gasteiger partial charge >= 0.3 is 6.09 Å². The summed E-state index contributed by atoms with van der Waals surface area (Å²) in [5.74, 6) is 0.00885. The minimum absolute atomic E-state index is 0.00513. The molecule has 0 radical (unpaired) electrons. The van der Waals surface area contributed by atoms with Crippen LogP contribution < -0.4 is 5.32 Å². The highest BCUT2D eigenvalue weighted by Crippen LogP contribution is 2.26. The summed E-state index contributed by atoms with van der Waals surface area (Å²) in [4.78, 5) is 23.2. The molecule has 1 saturated carbocycles. The summed E-state index contributed by atoms with van der Waals surface area (Å²) in [5.41, 5.74) is -0.496. The normalized spacial score (nSPS) is 23.3. The third-order valence-electron chi connectivity index (χ3n) is 3.16. The first-order valence-corrected chi connectivity index (χ1v) is 6.71. The van der Waals surface area contributed by atoms with E-state index < -0.39 is 11.7 Å². The molecule has 0 aromatic heterocycles. The molecular weight excluding hydrogens is 244 g/mol. The predicted octanol–water partition coefficient (Wildman–Crippen LogP) is 2.55. The second-order valence-electron chi connectivity index (χ2n) is 6.00. The molecule has 0 spiro atoms. The first-order chi connectivity index (χ1) is 8.81. The number of carbonyl (C=O) groups excluding carboxylic acids is 2. The summed E-state index contributed by atoms with van der Waals surface area (Å²) in [6.07, 6.45) is 2.60. The van der Waals surface area contributed by atoms with E-state index in [-0.39, 0.29) is 24.2 Å². The van der Waals surface area contributed by atoms with Crippen LogP contribution in [0.15, 0.2) is 0 Å². The maximum absolute atomic E-state index is 11.6. The smallest absolute Gasteiger partial charge is 0.407 e. The summed E-state index contributed by atoms with van der Waals surface area (Å²) in [6.45, 7) is 5.47. The van der Waals surface area contributed by atoms with Gasteiger partial charge in [0.1, 0.15) is 11.4 Å². The lowest BCUT2D eigenvalue weighted by Crippen LogP contribution is -2.41. The fraction of sp³-hybridized carbons (Fsp3) is 0.786. The third kappa shape index (κ3) is 5.73. The average molecular weight is 266 g/mol. The van der Waals surface area contributed by atoms with E-state index in [1.807, 2.05) is 26.8 Å². The van der Waals surface area contributed by atoms with Gasteiger partial charge in [-0.3, -0.25) is 4.79 Å². The molecule has 19 heavy (non-hydrogen) atoms.